The summed E-state index contributed by atoms with van der Waals surface area (Å²) in [6.07, 6.45) is 0. The topological polar surface area (TPSA) is 91.5 Å². The maximum absolute atomic E-state index is 11.9. The van der Waals surface area contributed by atoms with E-state index in [1.807, 2.05) is 30.3 Å². The van der Waals surface area contributed by atoms with Gasteiger partial charge in [0.25, 0.3) is 5.91 Å². The van der Waals surface area contributed by atoms with E-state index in [2.05, 4.69) is 26.4 Å². The second-order valence-corrected chi connectivity index (χ2v) is 5.84. The summed E-state index contributed by atoms with van der Waals surface area (Å²) in [5.41, 5.74) is 0.893. The van der Waals surface area contributed by atoms with E-state index in [-0.39, 0.29) is 18.9 Å². The normalized spacial score (nSPS) is 10.6. The van der Waals surface area contributed by atoms with Crippen LogP contribution in [0.25, 0.3) is 0 Å². The van der Waals surface area contributed by atoms with Gasteiger partial charge in [-0.15, -0.1) is 0 Å². The van der Waals surface area contributed by atoms with Gasteiger partial charge in [-0.05, 0) is 17.7 Å². The quantitative estimate of drug-likeness (QED) is 0.440. The fraction of sp³-hybridized carbons (Fsp3) is 0.111. The van der Waals surface area contributed by atoms with Crippen molar-refractivity contribution < 1.29 is 14.4 Å². The largest absolute Gasteiger partial charge is 0.386 e. The van der Waals surface area contributed by atoms with Gasteiger partial charge in [0, 0.05) is 16.6 Å². The van der Waals surface area contributed by atoms with Crippen molar-refractivity contribution in [1.82, 2.24) is 5.32 Å². The highest BCUT2D eigenvalue weighted by Gasteiger charge is 2.12. The van der Waals surface area contributed by atoms with Gasteiger partial charge >= 0.3 is 0 Å². The first kappa shape index (κ1) is 18.4. The molecule has 0 unspecified atom stereocenters. The number of halogens is 1. The van der Waals surface area contributed by atoms with E-state index in [1.165, 1.54) is 0 Å². The highest BCUT2D eigenvalue weighted by molar-refractivity contribution is 9.10. The maximum atomic E-state index is 11.9. The number of nitrogens with zero attached hydrogens (tertiary/aromatic N) is 2. The molecule has 0 heterocycles. The summed E-state index contributed by atoms with van der Waals surface area (Å²) in [5, 5.41) is 15.0. The summed E-state index contributed by atoms with van der Waals surface area (Å²) >= 11 is 3.28. The third-order valence-corrected chi connectivity index (χ3v) is 3.66. The molecule has 2 rings (SSSR count). The lowest BCUT2D eigenvalue weighted by Gasteiger charge is -2.04. The Balaban J connectivity index is 1.86. The Morgan fingerprint density at radius 1 is 1.12 bits per heavy atom. The van der Waals surface area contributed by atoms with Crippen molar-refractivity contribution in [2.75, 3.05) is 6.61 Å². The predicted molar refractivity (Wildman–Crippen MR) is 95.8 cm³/mol. The molecule has 0 saturated carbocycles. The van der Waals surface area contributed by atoms with Gasteiger partial charge in [0.15, 0.2) is 6.61 Å². The van der Waals surface area contributed by atoms with Crippen LogP contribution in [0.2, 0.25) is 0 Å². The first-order valence-electron chi connectivity index (χ1n) is 7.31. The molecule has 0 saturated heterocycles. The van der Waals surface area contributed by atoms with Crippen molar-refractivity contribution in [3.63, 3.8) is 0 Å². The van der Waals surface area contributed by atoms with E-state index in [1.54, 1.807) is 30.3 Å². The number of hydrogen-bond acceptors (Lipinski definition) is 5. The Hall–Kier alpha value is -2.98. The van der Waals surface area contributed by atoms with Crippen molar-refractivity contribution in [2.45, 2.75) is 6.54 Å². The summed E-state index contributed by atoms with van der Waals surface area (Å²) in [7, 11) is 0. The molecule has 0 aromatic heterocycles. The van der Waals surface area contributed by atoms with Crippen LogP contribution in [-0.2, 0) is 16.2 Å². The fourth-order valence-electron chi connectivity index (χ4n) is 1.85. The Morgan fingerprint density at radius 3 is 2.44 bits per heavy atom. The predicted octanol–water partition coefficient (Wildman–Crippen LogP) is 2.84. The minimum atomic E-state index is -0.664. The number of amides is 1. The molecule has 0 spiro atoms. The third-order valence-electron chi connectivity index (χ3n) is 3.13. The van der Waals surface area contributed by atoms with Crippen LogP contribution in [-0.4, -0.2) is 24.0 Å². The molecule has 1 amide bonds. The van der Waals surface area contributed by atoms with E-state index in [4.69, 9.17) is 10.1 Å². The molecule has 0 aliphatic heterocycles. The number of carbonyl (C=O) groups is 2. The van der Waals surface area contributed by atoms with Crippen LogP contribution in [0.3, 0.4) is 0 Å². The van der Waals surface area contributed by atoms with E-state index in [0.29, 0.717) is 5.56 Å². The van der Waals surface area contributed by atoms with E-state index in [0.717, 1.165) is 10.0 Å². The number of Topliss-reactive ketones (excluding diaryl/α,β-unsaturated/α-hetero) is 1. The van der Waals surface area contributed by atoms with Crippen LogP contribution in [0, 0.1) is 11.3 Å². The number of hydrogen-bond donors (Lipinski definition) is 1. The number of nitriles is 1. The Morgan fingerprint density at radius 2 is 1.80 bits per heavy atom. The second kappa shape index (κ2) is 9.35. The molecule has 1 N–H and O–H groups in total. The molecule has 0 fully saturated rings. The highest BCUT2D eigenvalue weighted by atomic mass is 79.9. The summed E-state index contributed by atoms with van der Waals surface area (Å²) in [4.78, 5) is 28.7. The second-order valence-electron chi connectivity index (χ2n) is 4.92. The average molecular weight is 400 g/mol. The SMILES string of the molecule is N#C/C(=N/OCC(=O)c1ccc(Br)cc1)C(=O)NCc1ccccc1. The lowest BCUT2D eigenvalue weighted by molar-refractivity contribution is -0.115. The van der Waals surface area contributed by atoms with Gasteiger partial charge in [-0.2, -0.15) is 5.26 Å². The Kier molecular flexibility index (Phi) is 6.87. The van der Waals surface area contributed by atoms with Gasteiger partial charge in [0.2, 0.25) is 11.5 Å². The number of ketones is 1. The van der Waals surface area contributed by atoms with Gasteiger partial charge in [-0.3, -0.25) is 9.59 Å². The zero-order chi connectivity index (χ0) is 18.1. The molecule has 0 aliphatic rings. The van der Waals surface area contributed by atoms with E-state index in [9.17, 15) is 9.59 Å². The molecule has 7 heteroatoms. The zero-order valence-electron chi connectivity index (χ0n) is 13.1. The highest BCUT2D eigenvalue weighted by Crippen LogP contribution is 2.11. The fourth-order valence-corrected chi connectivity index (χ4v) is 2.11. The molecule has 0 aliphatic carbocycles. The number of benzene rings is 2. The van der Waals surface area contributed by atoms with Crippen LogP contribution in [0.1, 0.15) is 15.9 Å². The van der Waals surface area contributed by atoms with Gasteiger partial charge < -0.3 is 10.2 Å². The molecular weight excluding hydrogens is 386 g/mol. The van der Waals surface area contributed by atoms with Crippen LogP contribution < -0.4 is 5.32 Å². The summed E-state index contributed by atoms with van der Waals surface area (Å²) < 4.78 is 0.852. The number of carbonyl (C=O) groups excluding carboxylic acids is 2. The molecule has 6 nitrogen and oxygen atoms in total. The molecule has 0 atom stereocenters. The molecule has 126 valence electrons. The first-order valence-corrected chi connectivity index (χ1v) is 8.10. The molecule has 25 heavy (non-hydrogen) atoms. The summed E-state index contributed by atoms with van der Waals surface area (Å²) in [5.74, 6) is -0.972. The smallest absolute Gasteiger partial charge is 0.284 e. The molecule has 2 aromatic carbocycles. The van der Waals surface area contributed by atoms with Crippen LogP contribution in [0.5, 0.6) is 0 Å². The minimum absolute atomic E-state index is 0.262. The Bertz CT molecular complexity index is 812. The number of nitrogens with one attached hydrogen (secondary N) is 1. The molecule has 0 bridgehead atoms. The standard InChI is InChI=1S/C18H14BrN3O3/c19-15-8-6-14(7-9-15)17(23)12-25-22-16(10-20)18(24)21-11-13-4-2-1-3-5-13/h1-9H,11-12H2,(H,21,24)/b22-16-. The minimum Gasteiger partial charge on any atom is -0.386 e. The molecular formula is C18H14BrN3O3. The van der Waals surface area contributed by atoms with Gasteiger partial charge in [0.05, 0.1) is 0 Å². The van der Waals surface area contributed by atoms with E-state index < -0.39 is 11.6 Å². The zero-order valence-corrected chi connectivity index (χ0v) is 14.7. The molecule has 2 aromatic rings. The monoisotopic (exact) mass is 399 g/mol. The van der Waals surface area contributed by atoms with Gasteiger partial charge in [-0.1, -0.05) is 63.6 Å². The van der Waals surface area contributed by atoms with Crippen LogP contribution in [0.15, 0.2) is 64.2 Å². The maximum Gasteiger partial charge on any atom is 0.284 e. The van der Waals surface area contributed by atoms with Crippen LogP contribution in [0.4, 0.5) is 0 Å². The van der Waals surface area contributed by atoms with Crippen molar-refractivity contribution >= 4 is 33.3 Å². The Labute approximate surface area is 153 Å². The van der Waals surface area contributed by atoms with Crippen molar-refractivity contribution in [2.24, 2.45) is 5.16 Å². The van der Waals surface area contributed by atoms with Gasteiger partial charge in [-0.25, -0.2) is 0 Å². The van der Waals surface area contributed by atoms with Crippen molar-refractivity contribution in [1.29, 1.82) is 5.26 Å². The number of rotatable bonds is 7. The van der Waals surface area contributed by atoms with Crippen molar-refractivity contribution in [3.8, 4) is 6.07 Å². The third kappa shape index (κ3) is 5.86. The van der Waals surface area contributed by atoms with E-state index >= 15 is 0 Å². The molecule has 0 radical (unpaired) electrons. The lowest BCUT2D eigenvalue weighted by Crippen LogP contribution is -2.30. The summed E-state index contributed by atoms with van der Waals surface area (Å²) in [6, 6.07) is 17.6. The van der Waals surface area contributed by atoms with Crippen molar-refractivity contribution in [3.05, 3.63) is 70.2 Å². The lowest BCUT2D eigenvalue weighted by atomic mass is 10.1. The summed E-state index contributed by atoms with van der Waals surface area (Å²) in [6.45, 7) is -0.100. The van der Waals surface area contributed by atoms with Crippen LogP contribution >= 0.6 is 15.9 Å². The first-order chi connectivity index (χ1) is 12.1. The van der Waals surface area contributed by atoms with Gasteiger partial charge in [0.1, 0.15) is 6.07 Å². The number of oxime groups is 1. The average Bonchev–Trinajstić information content (AvgIpc) is 2.64.